The Morgan fingerprint density at radius 3 is 0.745 bits per heavy atom. The molecule has 3 saturated carbocycles. The molecule has 3 aliphatic rings. The first-order valence-corrected chi connectivity index (χ1v) is 20.8. The molecule has 3 aromatic carbocycles. The minimum absolute atomic E-state index is 0.217. The van der Waals surface area contributed by atoms with Gasteiger partial charge in [-0.1, -0.05) is 132 Å². The molecule has 0 bridgehead atoms. The van der Waals surface area contributed by atoms with Gasteiger partial charge >= 0.3 is 0 Å². The van der Waals surface area contributed by atoms with Gasteiger partial charge in [0, 0.05) is 49.4 Å². The van der Waals surface area contributed by atoms with E-state index in [0.29, 0.717) is 17.8 Å². The molecule has 0 aromatic heterocycles. The summed E-state index contributed by atoms with van der Waals surface area (Å²) in [5.41, 5.74) is 24.1. The van der Waals surface area contributed by atoms with Crippen molar-refractivity contribution < 1.29 is 0 Å². The van der Waals surface area contributed by atoms with Crippen molar-refractivity contribution in [1.29, 1.82) is 0 Å². The zero-order valence-electron chi connectivity index (χ0n) is 32.2. The standard InChI is InChI=1S/3C15H22ClN/c3*1-11(2)10-14(17)15(8-3-9-15)12-4-6-13(16)7-5-12/h3*4-7,11,14H,3,8-10,17H2,1-2H3/t2*14-;/m00./s1. The minimum atomic E-state index is 0.217. The minimum Gasteiger partial charge on any atom is -0.327 e. The van der Waals surface area contributed by atoms with Crippen molar-refractivity contribution in [3.63, 3.8) is 0 Å². The van der Waals surface area contributed by atoms with Crippen LogP contribution in [0.4, 0.5) is 0 Å². The lowest BCUT2D eigenvalue weighted by Gasteiger charge is -2.47. The zero-order chi connectivity index (χ0) is 37.4. The Morgan fingerprint density at radius 1 is 0.412 bits per heavy atom. The van der Waals surface area contributed by atoms with E-state index in [1.54, 1.807) is 0 Å². The van der Waals surface area contributed by atoms with Crippen molar-refractivity contribution in [2.45, 2.75) is 153 Å². The van der Waals surface area contributed by atoms with E-state index in [-0.39, 0.29) is 34.4 Å². The first-order valence-electron chi connectivity index (χ1n) is 19.7. The summed E-state index contributed by atoms with van der Waals surface area (Å²) in [6.45, 7) is 13.5. The fourth-order valence-corrected chi connectivity index (χ4v) is 9.22. The molecule has 51 heavy (non-hydrogen) atoms. The van der Waals surface area contributed by atoms with Crippen molar-refractivity contribution in [3.8, 4) is 0 Å². The topological polar surface area (TPSA) is 78.1 Å². The summed E-state index contributed by atoms with van der Waals surface area (Å²) < 4.78 is 0. The van der Waals surface area contributed by atoms with E-state index in [4.69, 9.17) is 52.0 Å². The van der Waals surface area contributed by atoms with Gasteiger partial charge < -0.3 is 17.2 Å². The van der Waals surface area contributed by atoms with Crippen molar-refractivity contribution in [2.75, 3.05) is 0 Å². The molecular formula is C45H66Cl3N3. The van der Waals surface area contributed by atoms with Gasteiger partial charge in [0.05, 0.1) is 0 Å². The Morgan fingerprint density at radius 2 is 0.608 bits per heavy atom. The Bertz CT molecular complexity index is 1270. The number of hydrogen-bond acceptors (Lipinski definition) is 3. The van der Waals surface area contributed by atoms with Crippen LogP contribution in [0.2, 0.25) is 15.1 Å². The summed E-state index contributed by atoms with van der Waals surface area (Å²) in [6.07, 6.45) is 14.5. The van der Waals surface area contributed by atoms with Gasteiger partial charge in [-0.2, -0.15) is 0 Å². The van der Waals surface area contributed by atoms with Gasteiger partial charge in [0.15, 0.2) is 0 Å². The maximum atomic E-state index is 6.45. The van der Waals surface area contributed by atoms with Crippen LogP contribution in [0.1, 0.15) is 135 Å². The van der Waals surface area contributed by atoms with Crippen LogP contribution in [0.15, 0.2) is 72.8 Å². The molecular weight excluding hydrogens is 689 g/mol. The van der Waals surface area contributed by atoms with E-state index < -0.39 is 0 Å². The number of halogens is 3. The second-order valence-electron chi connectivity index (χ2n) is 17.3. The van der Waals surface area contributed by atoms with Gasteiger partial charge in [-0.3, -0.25) is 0 Å². The molecule has 0 aliphatic heterocycles. The average molecular weight is 755 g/mol. The quantitative estimate of drug-likeness (QED) is 0.172. The molecule has 3 aliphatic carbocycles. The lowest BCUT2D eigenvalue weighted by Crippen LogP contribution is -2.50. The lowest BCUT2D eigenvalue weighted by molar-refractivity contribution is 0.178. The number of rotatable bonds is 12. The van der Waals surface area contributed by atoms with E-state index in [2.05, 4.69) is 77.9 Å². The lowest BCUT2D eigenvalue weighted by atomic mass is 9.59. The first kappa shape index (κ1) is 42.2. The second-order valence-corrected chi connectivity index (χ2v) is 18.6. The third kappa shape index (κ3) is 10.3. The van der Waals surface area contributed by atoms with Gasteiger partial charge in [-0.05, 0) is 129 Å². The molecule has 0 spiro atoms. The monoisotopic (exact) mass is 753 g/mol. The third-order valence-corrected chi connectivity index (χ3v) is 13.1. The summed E-state index contributed by atoms with van der Waals surface area (Å²) in [6, 6.07) is 25.7. The van der Waals surface area contributed by atoms with Crippen molar-refractivity contribution in [2.24, 2.45) is 35.0 Å². The predicted molar refractivity (Wildman–Crippen MR) is 223 cm³/mol. The number of nitrogens with two attached hydrogens (primary N) is 3. The number of benzene rings is 3. The second kappa shape index (κ2) is 18.6. The fraction of sp³-hybridized carbons (Fsp3) is 0.600. The van der Waals surface area contributed by atoms with Gasteiger partial charge in [0.1, 0.15) is 0 Å². The SMILES string of the molecule is CC(C)CC(N)C1(c2ccc(Cl)cc2)CCC1.CC(C)C[C@H](N)C1(c2ccc(Cl)cc2)CCC1.CC(C)C[C@H](N)C1(c2ccc(Cl)cc2)CCC1. The maximum Gasteiger partial charge on any atom is 0.0406 e. The van der Waals surface area contributed by atoms with Crippen LogP contribution in [-0.2, 0) is 16.2 Å². The molecule has 0 saturated heterocycles. The van der Waals surface area contributed by atoms with Crippen LogP contribution >= 0.6 is 34.8 Å². The molecule has 3 nitrogen and oxygen atoms in total. The van der Waals surface area contributed by atoms with Crippen LogP contribution in [0.25, 0.3) is 0 Å². The molecule has 0 amide bonds. The highest BCUT2D eigenvalue weighted by atomic mass is 35.5. The maximum absolute atomic E-state index is 6.45. The van der Waals surface area contributed by atoms with Crippen molar-refractivity contribution in [3.05, 3.63) is 105 Å². The molecule has 3 aromatic rings. The largest absolute Gasteiger partial charge is 0.327 e. The van der Waals surface area contributed by atoms with Crippen LogP contribution < -0.4 is 17.2 Å². The predicted octanol–water partition coefficient (Wildman–Crippen LogP) is 12.4. The molecule has 6 N–H and O–H groups in total. The number of hydrogen-bond donors (Lipinski definition) is 3. The molecule has 1 unspecified atom stereocenters. The van der Waals surface area contributed by atoms with Gasteiger partial charge in [0.2, 0.25) is 0 Å². The van der Waals surface area contributed by atoms with Crippen LogP contribution in [0, 0.1) is 17.8 Å². The Hall–Kier alpha value is -1.59. The molecule has 0 heterocycles. The normalized spacial score (nSPS) is 20.1. The Kier molecular flexibility index (Phi) is 15.4. The smallest absolute Gasteiger partial charge is 0.0406 e. The molecule has 6 heteroatoms. The molecule has 3 fully saturated rings. The van der Waals surface area contributed by atoms with E-state index in [0.717, 1.165) is 34.3 Å². The fourth-order valence-electron chi connectivity index (χ4n) is 8.84. The molecule has 0 radical (unpaired) electrons. The first-order chi connectivity index (χ1) is 24.1. The Labute approximate surface area is 325 Å². The van der Waals surface area contributed by atoms with Crippen molar-refractivity contribution in [1.82, 2.24) is 0 Å². The summed E-state index contributed by atoms with van der Waals surface area (Å²) in [5.74, 6) is 1.99. The van der Waals surface area contributed by atoms with E-state index in [1.807, 2.05) is 36.4 Å². The van der Waals surface area contributed by atoms with Gasteiger partial charge in [0.25, 0.3) is 0 Å². The third-order valence-electron chi connectivity index (χ3n) is 12.3. The van der Waals surface area contributed by atoms with Gasteiger partial charge in [-0.25, -0.2) is 0 Å². The van der Waals surface area contributed by atoms with Crippen LogP contribution in [-0.4, -0.2) is 18.1 Å². The van der Waals surface area contributed by atoms with E-state index >= 15 is 0 Å². The molecule has 6 rings (SSSR count). The Balaban J connectivity index is 0.000000172. The average Bonchev–Trinajstić information content (AvgIpc) is 2.98. The highest BCUT2D eigenvalue weighted by Crippen LogP contribution is 2.49. The zero-order valence-corrected chi connectivity index (χ0v) is 34.5. The highest BCUT2D eigenvalue weighted by molar-refractivity contribution is 6.31. The molecule has 3 atom stereocenters. The van der Waals surface area contributed by atoms with Gasteiger partial charge in [-0.15, -0.1) is 0 Å². The van der Waals surface area contributed by atoms with E-state index in [9.17, 15) is 0 Å². The summed E-state index contributed by atoms with van der Waals surface area (Å²) in [7, 11) is 0. The van der Waals surface area contributed by atoms with Crippen LogP contribution in [0.3, 0.4) is 0 Å². The summed E-state index contributed by atoms with van der Waals surface area (Å²) in [5, 5.41) is 2.42. The van der Waals surface area contributed by atoms with Crippen molar-refractivity contribution >= 4 is 34.8 Å². The molecule has 282 valence electrons. The highest BCUT2D eigenvalue weighted by Gasteiger charge is 2.45. The van der Waals surface area contributed by atoms with E-state index in [1.165, 1.54) is 74.5 Å². The van der Waals surface area contributed by atoms with Crippen LogP contribution in [0.5, 0.6) is 0 Å². The summed E-state index contributed by atoms with van der Waals surface area (Å²) in [4.78, 5) is 0. The summed E-state index contributed by atoms with van der Waals surface area (Å²) >= 11 is 17.9.